The molecular weight excluding hydrogens is 404 g/mol. The van der Waals surface area contributed by atoms with E-state index in [1.54, 1.807) is 20.5 Å². The molecule has 0 amide bonds. The Kier molecular flexibility index (Phi) is 6.31. The normalized spacial score (nSPS) is 10.6. The molecular formula is C26H26N2O4. The maximum Gasteiger partial charge on any atom is 0.226 e. The Hall–Kier alpha value is -3.93. The number of anilines is 1. The third-order valence-corrected chi connectivity index (χ3v) is 5.12. The molecule has 3 aromatic carbocycles. The van der Waals surface area contributed by atoms with Gasteiger partial charge in [-0.2, -0.15) is 0 Å². The lowest BCUT2D eigenvalue weighted by molar-refractivity contribution is 0.266. The van der Waals surface area contributed by atoms with Gasteiger partial charge in [0.05, 0.1) is 14.2 Å². The molecule has 32 heavy (non-hydrogen) atoms. The van der Waals surface area contributed by atoms with Gasteiger partial charge in [0.25, 0.3) is 0 Å². The smallest absolute Gasteiger partial charge is 0.226 e. The van der Waals surface area contributed by atoms with E-state index in [2.05, 4.69) is 4.98 Å². The van der Waals surface area contributed by atoms with E-state index in [4.69, 9.17) is 18.6 Å². The van der Waals surface area contributed by atoms with E-state index in [1.807, 2.05) is 85.7 Å². The maximum absolute atomic E-state index is 6.03. The number of hydrogen-bond acceptors (Lipinski definition) is 6. The van der Waals surface area contributed by atoms with E-state index in [9.17, 15) is 0 Å². The highest BCUT2D eigenvalue weighted by Gasteiger charge is 2.18. The van der Waals surface area contributed by atoms with Gasteiger partial charge in [-0.15, -0.1) is 0 Å². The Morgan fingerprint density at radius 2 is 1.50 bits per heavy atom. The van der Waals surface area contributed by atoms with Crippen LogP contribution in [0.5, 0.6) is 17.2 Å². The summed E-state index contributed by atoms with van der Waals surface area (Å²) in [5.74, 6) is 2.23. The molecule has 0 aliphatic rings. The summed E-state index contributed by atoms with van der Waals surface area (Å²) in [6, 6.07) is 21.7. The van der Waals surface area contributed by atoms with Gasteiger partial charge in [-0.1, -0.05) is 30.3 Å². The van der Waals surface area contributed by atoms with Crippen LogP contribution in [0.2, 0.25) is 0 Å². The van der Waals surface area contributed by atoms with Crippen molar-refractivity contribution >= 4 is 5.69 Å². The fourth-order valence-corrected chi connectivity index (χ4v) is 3.34. The van der Waals surface area contributed by atoms with Gasteiger partial charge in [0, 0.05) is 30.9 Å². The lowest BCUT2D eigenvalue weighted by Crippen LogP contribution is -2.07. The predicted molar refractivity (Wildman–Crippen MR) is 126 cm³/mol. The van der Waals surface area contributed by atoms with Crippen molar-refractivity contribution in [1.29, 1.82) is 0 Å². The van der Waals surface area contributed by atoms with Crippen LogP contribution in [-0.4, -0.2) is 33.3 Å². The average Bonchev–Trinajstić information content (AvgIpc) is 3.33. The minimum Gasteiger partial charge on any atom is -0.493 e. The molecule has 0 unspecified atom stereocenters. The molecule has 0 bridgehead atoms. The zero-order chi connectivity index (χ0) is 22.5. The van der Waals surface area contributed by atoms with Gasteiger partial charge in [-0.05, 0) is 42.0 Å². The molecule has 0 aliphatic carbocycles. The molecule has 4 rings (SSSR count). The first-order chi connectivity index (χ1) is 15.6. The highest BCUT2D eigenvalue weighted by atomic mass is 16.5. The van der Waals surface area contributed by atoms with Gasteiger partial charge in [-0.3, -0.25) is 0 Å². The fraction of sp³-hybridized carbons (Fsp3) is 0.192. The summed E-state index contributed by atoms with van der Waals surface area (Å²) in [6.45, 7) is 0.407. The number of aromatic nitrogens is 1. The number of methoxy groups -OCH3 is 2. The van der Waals surface area contributed by atoms with Crippen molar-refractivity contribution in [2.24, 2.45) is 0 Å². The van der Waals surface area contributed by atoms with E-state index in [0.29, 0.717) is 35.4 Å². The number of rotatable bonds is 8. The van der Waals surface area contributed by atoms with Crippen molar-refractivity contribution in [2.45, 2.75) is 6.61 Å². The van der Waals surface area contributed by atoms with Crippen LogP contribution in [0.1, 0.15) is 5.56 Å². The summed E-state index contributed by atoms with van der Waals surface area (Å²) in [5.41, 5.74) is 4.57. The molecule has 6 nitrogen and oxygen atoms in total. The highest BCUT2D eigenvalue weighted by Crippen LogP contribution is 2.42. The van der Waals surface area contributed by atoms with Crippen LogP contribution < -0.4 is 19.1 Å². The quantitative estimate of drug-likeness (QED) is 0.359. The molecule has 0 saturated heterocycles. The van der Waals surface area contributed by atoms with E-state index in [-0.39, 0.29) is 0 Å². The van der Waals surface area contributed by atoms with E-state index >= 15 is 0 Å². The Morgan fingerprint density at radius 3 is 2.09 bits per heavy atom. The summed E-state index contributed by atoms with van der Waals surface area (Å²) < 4.78 is 23.0. The van der Waals surface area contributed by atoms with Crippen molar-refractivity contribution in [2.75, 3.05) is 33.2 Å². The van der Waals surface area contributed by atoms with Crippen molar-refractivity contribution in [1.82, 2.24) is 4.98 Å². The van der Waals surface area contributed by atoms with Crippen molar-refractivity contribution < 1.29 is 18.6 Å². The second kappa shape index (κ2) is 9.47. The van der Waals surface area contributed by atoms with Crippen LogP contribution in [0.3, 0.4) is 0 Å². The summed E-state index contributed by atoms with van der Waals surface area (Å²) in [5, 5.41) is 0. The Balaban J connectivity index is 1.61. The minimum absolute atomic E-state index is 0.407. The van der Waals surface area contributed by atoms with Crippen LogP contribution in [-0.2, 0) is 6.61 Å². The van der Waals surface area contributed by atoms with Gasteiger partial charge in [0.2, 0.25) is 11.6 Å². The third-order valence-electron chi connectivity index (χ3n) is 5.12. The molecule has 0 spiro atoms. The largest absolute Gasteiger partial charge is 0.493 e. The third kappa shape index (κ3) is 4.54. The Bertz CT molecular complexity index is 1140. The molecule has 164 valence electrons. The maximum atomic E-state index is 6.03. The zero-order valence-electron chi connectivity index (χ0n) is 18.7. The van der Waals surface area contributed by atoms with Crippen LogP contribution in [0.4, 0.5) is 5.69 Å². The summed E-state index contributed by atoms with van der Waals surface area (Å²) in [7, 11) is 7.22. The predicted octanol–water partition coefficient (Wildman–Crippen LogP) is 5.67. The molecule has 0 fully saturated rings. The van der Waals surface area contributed by atoms with Crippen LogP contribution in [0.25, 0.3) is 22.7 Å². The summed E-state index contributed by atoms with van der Waals surface area (Å²) in [4.78, 5) is 6.71. The molecule has 0 radical (unpaired) electrons. The number of ether oxygens (including phenoxy) is 3. The zero-order valence-corrected chi connectivity index (χ0v) is 18.7. The molecule has 0 aliphatic heterocycles. The molecule has 0 atom stereocenters. The molecule has 0 N–H and O–H groups in total. The van der Waals surface area contributed by atoms with Gasteiger partial charge < -0.3 is 23.5 Å². The highest BCUT2D eigenvalue weighted by molar-refractivity contribution is 5.70. The van der Waals surface area contributed by atoms with Gasteiger partial charge in [0.1, 0.15) is 18.6 Å². The molecule has 4 aromatic rings. The monoisotopic (exact) mass is 430 g/mol. The first kappa shape index (κ1) is 21.3. The Labute approximate surface area is 188 Å². The number of hydrogen-bond donors (Lipinski definition) is 0. The average molecular weight is 431 g/mol. The fourth-order valence-electron chi connectivity index (χ4n) is 3.34. The Morgan fingerprint density at radius 1 is 0.844 bits per heavy atom. The first-order valence-corrected chi connectivity index (χ1v) is 10.3. The lowest BCUT2D eigenvalue weighted by Gasteiger charge is -2.15. The molecule has 1 heterocycles. The van der Waals surface area contributed by atoms with Crippen molar-refractivity contribution in [3.8, 4) is 40.0 Å². The topological polar surface area (TPSA) is 57.0 Å². The summed E-state index contributed by atoms with van der Waals surface area (Å²) >= 11 is 0. The standard InChI is InChI=1S/C26H26N2O4/c1-28(2)21-12-10-19(11-13-21)26-27-22(17-32-26)20-14-23(29-3)25(24(15-20)30-4)31-16-18-8-6-5-7-9-18/h5-15,17H,16H2,1-4H3. The number of benzene rings is 3. The van der Waals surface area contributed by atoms with Gasteiger partial charge in [-0.25, -0.2) is 4.98 Å². The second-order valence-corrected chi connectivity index (χ2v) is 7.46. The minimum atomic E-state index is 0.407. The van der Waals surface area contributed by atoms with E-state index in [0.717, 1.165) is 22.4 Å². The van der Waals surface area contributed by atoms with Crippen molar-refractivity contribution in [3.05, 3.63) is 78.6 Å². The van der Waals surface area contributed by atoms with E-state index in [1.165, 1.54) is 0 Å². The number of nitrogens with zero attached hydrogens (tertiary/aromatic N) is 2. The molecule has 6 heteroatoms. The first-order valence-electron chi connectivity index (χ1n) is 10.3. The lowest BCUT2D eigenvalue weighted by atomic mass is 10.1. The van der Waals surface area contributed by atoms with E-state index < -0.39 is 0 Å². The van der Waals surface area contributed by atoms with Crippen LogP contribution in [0, 0.1) is 0 Å². The van der Waals surface area contributed by atoms with Gasteiger partial charge in [0.15, 0.2) is 11.5 Å². The second-order valence-electron chi connectivity index (χ2n) is 7.46. The SMILES string of the molecule is COc1cc(-c2coc(-c3ccc(N(C)C)cc3)n2)cc(OC)c1OCc1ccccc1. The summed E-state index contributed by atoms with van der Waals surface area (Å²) in [6.07, 6.45) is 1.63. The van der Waals surface area contributed by atoms with Gasteiger partial charge >= 0.3 is 0 Å². The van der Waals surface area contributed by atoms with Crippen LogP contribution >= 0.6 is 0 Å². The van der Waals surface area contributed by atoms with Crippen LogP contribution in [0.15, 0.2) is 77.4 Å². The number of oxazole rings is 1. The molecule has 0 saturated carbocycles. The molecule has 1 aromatic heterocycles. The van der Waals surface area contributed by atoms with Crippen molar-refractivity contribution in [3.63, 3.8) is 0 Å².